The van der Waals surface area contributed by atoms with Crippen molar-refractivity contribution in [2.45, 2.75) is 93.4 Å². The van der Waals surface area contributed by atoms with Gasteiger partial charge in [0.05, 0.1) is 5.52 Å². The smallest absolute Gasteiger partial charge is 0.164 e. The Balaban J connectivity index is 0.000000251. The molecule has 1 radical (unpaired) electrons. The molecule has 0 aliphatic heterocycles. The molecule has 0 aliphatic rings. The number of hydrogen-bond acceptors (Lipinski definition) is 6. The molecule has 3 aromatic heterocycles. The molecule has 48 heavy (non-hydrogen) atoms. The standard InChI is InChI=1S/C26H19N2S2.C15H28O2.Ir/c1-26(2,3)19-13-17(12-16-6-4-5-7-18(16)19)22-25-23(28-14-27-22)21-20(30-25)9-8-15-10-11-29-24(15)21;1-7-14(5,8-2)12(16)11-13(17)15(6,9-3)10-4;/h4-11,13-14H,1-3H3;11,16H,7-10H2,1-6H3;/q-1;;/b;12-11-;. The first-order valence-corrected chi connectivity index (χ1v) is 18.4. The summed E-state index contributed by atoms with van der Waals surface area (Å²) in [5.74, 6) is 0.286. The monoisotopic (exact) mass is 856 g/mol. The van der Waals surface area contributed by atoms with E-state index in [9.17, 15) is 9.90 Å². The van der Waals surface area contributed by atoms with Gasteiger partial charge in [-0.25, -0.2) is 4.98 Å². The second kappa shape index (κ2) is 14.9. The Morgan fingerprint density at radius 3 is 2.19 bits per heavy atom. The fourth-order valence-corrected chi connectivity index (χ4v) is 8.12. The van der Waals surface area contributed by atoms with Gasteiger partial charge in [0, 0.05) is 62.2 Å². The number of carbonyl (C=O) groups is 1. The summed E-state index contributed by atoms with van der Waals surface area (Å²) in [4.78, 5) is 21.6. The summed E-state index contributed by atoms with van der Waals surface area (Å²) in [6.45, 7) is 18.9. The predicted octanol–water partition coefficient (Wildman–Crippen LogP) is 12.6. The van der Waals surface area contributed by atoms with Crippen LogP contribution in [0.2, 0.25) is 0 Å². The van der Waals surface area contributed by atoms with Gasteiger partial charge in [0.1, 0.15) is 12.1 Å². The average Bonchev–Trinajstić information content (AvgIpc) is 3.71. The molecule has 0 bridgehead atoms. The minimum Gasteiger partial charge on any atom is -0.512 e. The van der Waals surface area contributed by atoms with Gasteiger partial charge >= 0.3 is 0 Å². The van der Waals surface area contributed by atoms with Crippen LogP contribution >= 0.6 is 22.7 Å². The number of thiophene rings is 2. The van der Waals surface area contributed by atoms with Crippen molar-refractivity contribution >= 4 is 69.6 Å². The van der Waals surface area contributed by atoms with E-state index in [1.807, 2.05) is 41.5 Å². The number of carbonyl (C=O) groups excluding carboxylic acids is 1. The van der Waals surface area contributed by atoms with Gasteiger partial charge < -0.3 is 5.11 Å². The van der Waals surface area contributed by atoms with Crippen LogP contribution < -0.4 is 0 Å². The molecule has 0 fully saturated rings. The maximum absolute atomic E-state index is 12.2. The van der Waals surface area contributed by atoms with Gasteiger partial charge in [-0.05, 0) is 54.0 Å². The molecular weight excluding hydrogens is 809 g/mol. The van der Waals surface area contributed by atoms with Gasteiger partial charge in [-0.3, -0.25) is 9.78 Å². The third kappa shape index (κ3) is 7.16. The van der Waals surface area contributed by atoms with E-state index in [1.54, 1.807) is 29.0 Å². The van der Waals surface area contributed by atoms with Crippen molar-refractivity contribution in [3.63, 3.8) is 0 Å². The van der Waals surface area contributed by atoms with Crippen LogP contribution in [0.4, 0.5) is 0 Å². The molecule has 0 unspecified atom stereocenters. The zero-order valence-corrected chi connectivity index (χ0v) is 33.6. The quantitative estimate of drug-likeness (QED) is 0.0941. The van der Waals surface area contributed by atoms with Crippen molar-refractivity contribution in [1.82, 2.24) is 9.97 Å². The van der Waals surface area contributed by atoms with E-state index in [0.717, 1.165) is 52.5 Å². The summed E-state index contributed by atoms with van der Waals surface area (Å²) >= 11 is 3.57. The molecule has 3 heterocycles. The van der Waals surface area contributed by atoms with Crippen LogP contribution in [0.1, 0.15) is 93.6 Å². The Bertz CT molecular complexity index is 2090. The number of nitrogens with zero attached hydrogens (tertiary/aromatic N) is 2. The summed E-state index contributed by atoms with van der Waals surface area (Å²) in [5.41, 5.74) is 3.81. The molecule has 3 aromatic carbocycles. The molecule has 4 nitrogen and oxygen atoms in total. The number of hydrogen-bond donors (Lipinski definition) is 1. The Labute approximate surface area is 307 Å². The second-order valence-electron chi connectivity index (χ2n) is 14.1. The molecule has 1 N–H and O–H groups in total. The largest absolute Gasteiger partial charge is 0.512 e. The predicted molar refractivity (Wildman–Crippen MR) is 204 cm³/mol. The Morgan fingerprint density at radius 2 is 1.54 bits per heavy atom. The van der Waals surface area contributed by atoms with Crippen molar-refractivity contribution in [1.29, 1.82) is 0 Å². The molecule has 0 atom stereocenters. The van der Waals surface area contributed by atoms with Crippen molar-refractivity contribution in [3.05, 3.63) is 83.7 Å². The fourth-order valence-electron chi connectivity index (χ4n) is 5.94. The topological polar surface area (TPSA) is 63.1 Å². The third-order valence-corrected chi connectivity index (χ3v) is 12.4. The van der Waals surface area contributed by atoms with Gasteiger partial charge in [0.2, 0.25) is 0 Å². The Kier molecular flexibility index (Phi) is 11.7. The number of allylic oxidation sites excluding steroid dienone is 2. The van der Waals surface area contributed by atoms with Crippen LogP contribution in [0.5, 0.6) is 0 Å². The normalized spacial score (nSPS) is 12.7. The van der Waals surface area contributed by atoms with Crippen molar-refractivity contribution in [2.24, 2.45) is 10.8 Å². The van der Waals surface area contributed by atoms with Crippen LogP contribution in [0.3, 0.4) is 0 Å². The molecule has 0 saturated heterocycles. The molecule has 7 heteroatoms. The maximum Gasteiger partial charge on any atom is 0.164 e. The summed E-state index contributed by atoms with van der Waals surface area (Å²) < 4.78 is 3.71. The zero-order chi connectivity index (χ0) is 34.1. The Morgan fingerprint density at radius 1 is 0.875 bits per heavy atom. The Hall–Kier alpha value is -2.96. The first-order chi connectivity index (χ1) is 22.3. The average molecular weight is 856 g/mol. The van der Waals surface area contributed by atoms with Crippen LogP contribution in [0.25, 0.3) is 52.4 Å². The van der Waals surface area contributed by atoms with Gasteiger partial charge in [-0.1, -0.05) is 97.5 Å². The SMILES string of the molecule is CC(C)(C)c1cc(-c2ncnc3c2sc2ccc4ccsc4c23)[c-]c2ccccc12.CCC(C)(CC)C(=O)/C=C(\O)C(C)(CC)CC.[Ir]. The molecule has 6 aromatic rings. The molecule has 0 saturated carbocycles. The van der Waals surface area contributed by atoms with E-state index in [4.69, 9.17) is 9.97 Å². The maximum atomic E-state index is 12.2. The van der Waals surface area contributed by atoms with Crippen molar-refractivity contribution < 1.29 is 30.0 Å². The van der Waals surface area contributed by atoms with E-state index in [-0.39, 0.29) is 47.9 Å². The summed E-state index contributed by atoms with van der Waals surface area (Å²) in [7, 11) is 0. The number of aromatic nitrogens is 2. The van der Waals surface area contributed by atoms with Crippen molar-refractivity contribution in [2.75, 3.05) is 0 Å². The molecular formula is C41H47IrN2O2S2-. The second-order valence-corrected chi connectivity index (χ2v) is 16.1. The molecule has 0 aliphatic carbocycles. The molecule has 0 amide bonds. The van der Waals surface area contributed by atoms with Crippen molar-refractivity contribution in [3.8, 4) is 11.3 Å². The van der Waals surface area contributed by atoms with E-state index in [0.29, 0.717) is 0 Å². The molecule has 0 spiro atoms. The number of aliphatic hydroxyl groups excluding tert-OH is 1. The molecule has 6 rings (SSSR count). The first-order valence-electron chi connectivity index (χ1n) is 16.7. The third-order valence-electron chi connectivity index (χ3n) is 10.3. The van der Waals surface area contributed by atoms with Crippen LogP contribution in [0, 0.1) is 16.9 Å². The minimum atomic E-state index is -0.337. The number of aliphatic hydroxyl groups is 1. The van der Waals surface area contributed by atoms with E-state index in [1.165, 1.54) is 37.2 Å². The summed E-state index contributed by atoms with van der Waals surface area (Å²) in [6.07, 6.45) is 6.46. The summed E-state index contributed by atoms with van der Waals surface area (Å²) in [6, 6.07) is 21.0. The fraction of sp³-hybridized carbons (Fsp3) is 0.390. The van der Waals surface area contributed by atoms with Gasteiger partial charge in [0.15, 0.2) is 5.78 Å². The number of rotatable bonds is 8. The first kappa shape index (κ1) is 37.9. The van der Waals surface area contributed by atoms with Crippen LogP contribution in [-0.2, 0) is 30.3 Å². The van der Waals surface area contributed by atoms with E-state index in [2.05, 4.69) is 80.7 Å². The number of fused-ring (bicyclic) bond motifs is 6. The van der Waals surface area contributed by atoms with Crippen LogP contribution in [-0.4, -0.2) is 20.9 Å². The van der Waals surface area contributed by atoms with E-state index < -0.39 is 0 Å². The number of ketones is 1. The summed E-state index contributed by atoms with van der Waals surface area (Å²) in [5, 5.41) is 17.2. The van der Waals surface area contributed by atoms with E-state index >= 15 is 0 Å². The number of benzene rings is 3. The van der Waals surface area contributed by atoms with Gasteiger partial charge in [0.25, 0.3) is 0 Å². The van der Waals surface area contributed by atoms with Gasteiger partial charge in [-0.15, -0.1) is 51.8 Å². The van der Waals surface area contributed by atoms with Gasteiger partial charge in [-0.2, -0.15) is 0 Å². The molecule has 255 valence electrons. The zero-order valence-electron chi connectivity index (χ0n) is 29.6. The minimum absolute atomic E-state index is 0. The van der Waals surface area contributed by atoms with Crippen LogP contribution in [0.15, 0.2) is 72.1 Å².